The molecule has 1 aliphatic carbocycles. The van der Waals surface area contributed by atoms with Gasteiger partial charge in [-0.15, -0.1) is 11.3 Å². The molecule has 1 aromatic carbocycles. The number of hydrogen-bond donors (Lipinski definition) is 1. The summed E-state index contributed by atoms with van der Waals surface area (Å²) in [4.78, 5) is 2.82. The quantitative estimate of drug-likeness (QED) is 0.651. The summed E-state index contributed by atoms with van der Waals surface area (Å²) in [7, 11) is 0. The number of halogens is 1. The molecular formula is C18H18ClNS. The number of rotatable bonds is 1. The van der Waals surface area contributed by atoms with Crippen molar-refractivity contribution in [2.75, 3.05) is 5.32 Å². The zero-order chi connectivity index (χ0) is 14.6. The van der Waals surface area contributed by atoms with Crippen LogP contribution in [0.3, 0.4) is 0 Å². The SMILES string of the molecule is Cc1ccc(C2Nc3c(C)ccc(Cl)c3C3C=CCC32)s1. The van der Waals surface area contributed by atoms with Gasteiger partial charge in [-0.1, -0.05) is 29.8 Å². The van der Waals surface area contributed by atoms with Crippen molar-refractivity contribution in [2.24, 2.45) is 5.92 Å². The van der Waals surface area contributed by atoms with Crippen molar-refractivity contribution in [3.05, 3.63) is 62.3 Å². The summed E-state index contributed by atoms with van der Waals surface area (Å²) in [6.45, 7) is 4.34. The Kier molecular flexibility index (Phi) is 3.13. The Bertz CT molecular complexity index is 731. The Morgan fingerprint density at radius 3 is 2.81 bits per heavy atom. The monoisotopic (exact) mass is 315 g/mol. The lowest BCUT2D eigenvalue weighted by Gasteiger charge is -2.38. The third-order valence-electron chi connectivity index (χ3n) is 4.74. The normalized spacial score (nSPS) is 26.3. The van der Waals surface area contributed by atoms with Gasteiger partial charge in [0, 0.05) is 31.9 Å². The molecule has 2 heterocycles. The van der Waals surface area contributed by atoms with Gasteiger partial charge in [0.1, 0.15) is 0 Å². The predicted octanol–water partition coefficient (Wildman–Crippen LogP) is 5.84. The van der Waals surface area contributed by atoms with Crippen LogP contribution in [0.25, 0.3) is 0 Å². The Labute approximate surface area is 134 Å². The van der Waals surface area contributed by atoms with Crippen LogP contribution in [-0.2, 0) is 0 Å². The van der Waals surface area contributed by atoms with E-state index < -0.39 is 0 Å². The Morgan fingerprint density at radius 2 is 2.05 bits per heavy atom. The number of allylic oxidation sites excluding steroid dienone is 2. The van der Waals surface area contributed by atoms with E-state index in [1.165, 1.54) is 26.6 Å². The van der Waals surface area contributed by atoms with Gasteiger partial charge in [-0.2, -0.15) is 0 Å². The molecule has 1 aromatic heterocycles. The van der Waals surface area contributed by atoms with E-state index in [0.29, 0.717) is 17.9 Å². The minimum atomic E-state index is 0.397. The van der Waals surface area contributed by atoms with Crippen LogP contribution in [0.4, 0.5) is 5.69 Å². The predicted molar refractivity (Wildman–Crippen MR) is 91.6 cm³/mol. The topological polar surface area (TPSA) is 12.0 Å². The number of fused-ring (bicyclic) bond motifs is 3. The van der Waals surface area contributed by atoms with E-state index in [0.717, 1.165) is 11.4 Å². The summed E-state index contributed by atoms with van der Waals surface area (Å²) in [5, 5.41) is 4.69. The summed E-state index contributed by atoms with van der Waals surface area (Å²) in [5.41, 5.74) is 3.82. The van der Waals surface area contributed by atoms with Crippen LogP contribution in [0.1, 0.15) is 39.3 Å². The average Bonchev–Trinajstić information content (AvgIpc) is 3.10. The van der Waals surface area contributed by atoms with E-state index in [1.54, 1.807) is 0 Å². The molecule has 3 unspecified atom stereocenters. The smallest absolute Gasteiger partial charge is 0.0646 e. The minimum absolute atomic E-state index is 0.397. The highest BCUT2D eigenvalue weighted by Crippen LogP contribution is 2.53. The lowest BCUT2D eigenvalue weighted by molar-refractivity contribution is 0.429. The molecule has 1 nitrogen and oxygen atoms in total. The van der Waals surface area contributed by atoms with Crippen LogP contribution in [0.15, 0.2) is 36.4 Å². The fourth-order valence-corrected chi connectivity index (χ4v) is 5.00. The number of hydrogen-bond acceptors (Lipinski definition) is 2. The van der Waals surface area contributed by atoms with E-state index in [9.17, 15) is 0 Å². The summed E-state index contributed by atoms with van der Waals surface area (Å²) in [5.74, 6) is 1.02. The third-order valence-corrected chi connectivity index (χ3v) is 6.16. The average molecular weight is 316 g/mol. The van der Waals surface area contributed by atoms with Gasteiger partial charge in [0.2, 0.25) is 0 Å². The first-order chi connectivity index (χ1) is 10.1. The van der Waals surface area contributed by atoms with Crippen molar-refractivity contribution < 1.29 is 0 Å². The molecule has 3 heteroatoms. The Balaban J connectivity index is 1.86. The van der Waals surface area contributed by atoms with Gasteiger partial charge in [-0.3, -0.25) is 0 Å². The minimum Gasteiger partial charge on any atom is -0.377 e. The van der Waals surface area contributed by atoms with Crippen LogP contribution in [-0.4, -0.2) is 0 Å². The summed E-state index contributed by atoms with van der Waals surface area (Å²) in [6, 6.07) is 9.05. The largest absolute Gasteiger partial charge is 0.377 e. The lowest BCUT2D eigenvalue weighted by atomic mass is 9.78. The van der Waals surface area contributed by atoms with E-state index >= 15 is 0 Å². The van der Waals surface area contributed by atoms with Crippen LogP contribution >= 0.6 is 22.9 Å². The second kappa shape index (κ2) is 4.89. The first-order valence-corrected chi connectivity index (χ1v) is 8.63. The Hall–Kier alpha value is -1.25. The molecule has 2 aromatic rings. The van der Waals surface area contributed by atoms with Crippen molar-refractivity contribution in [3.8, 4) is 0 Å². The first kappa shape index (κ1) is 13.4. The van der Waals surface area contributed by atoms with Crippen molar-refractivity contribution in [1.82, 2.24) is 0 Å². The molecule has 2 aliphatic rings. The molecule has 4 rings (SSSR count). The number of anilines is 1. The number of thiophene rings is 1. The molecule has 1 N–H and O–H groups in total. The van der Waals surface area contributed by atoms with Crippen molar-refractivity contribution in [2.45, 2.75) is 32.2 Å². The van der Waals surface area contributed by atoms with Gasteiger partial charge in [-0.05, 0) is 49.9 Å². The molecule has 21 heavy (non-hydrogen) atoms. The number of benzene rings is 1. The maximum Gasteiger partial charge on any atom is 0.0646 e. The van der Waals surface area contributed by atoms with Gasteiger partial charge in [-0.25, -0.2) is 0 Å². The molecule has 0 amide bonds. The van der Waals surface area contributed by atoms with Gasteiger partial charge >= 0.3 is 0 Å². The van der Waals surface area contributed by atoms with Crippen LogP contribution in [0.2, 0.25) is 5.02 Å². The lowest BCUT2D eigenvalue weighted by Crippen LogP contribution is -2.29. The molecule has 0 saturated heterocycles. The standard InChI is InChI=1S/C18H18ClNS/c1-10-6-8-14(19)16-12-4-3-5-13(12)18(20-17(10)16)15-9-7-11(2)21-15/h3-4,6-9,12-13,18,20H,5H2,1-2H3. The Morgan fingerprint density at radius 1 is 1.19 bits per heavy atom. The summed E-state index contributed by atoms with van der Waals surface area (Å²) in [6.07, 6.45) is 5.80. The molecule has 108 valence electrons. The van der Waals surface area contributed by atoms with Crippen LogP contribution in [0.5, 0.6) is 0 Å². The highest BCUT2D eigenvalue weighted by Gasteiger charge is 2.39. The fourth-order valence-electron chi connectivity index (χ4n) is 3.71. The fraction of sp³-hybridized carbons (Fsp3) is 0.333. The number of nitrogens with one attached hydrogen (secondary N) is 1. The van der Waals surface area contributed by atoms with E-state index in [1.807, 2.05) is 17.4 Å². The van der Waals surface area contributed by atoms with E-state index in [4.69, 9.17) is 11.6 Å². The van der Waals surface area contributed by atoms with Crippen molar-refractivity contribution in [1.29, 1.82) is 0 Å². The second-order valence-electron chi connectivity index (χ2n) is 6.08. The van der Waals surface area contributed by atoms with E-state index in [-0.39, 0.29) is 0 Å². The first-order valence-electron chi connectivity index (χ1n) is 7.43. The molecule has 0 radical (unpaired) electrons. The molecule has 0 saturated carbocycles. The van der Waals surface area contributed by atoms with E-state index in [2.05, 4.69) is 49.5 Å². The summed E-state index contributed by atoms with van der Waals surface area (Å²) < 4.78 is 0. The summed E-state index contributed by atoms with van der Waals surface area (Å²) >= 11 is 8.41. The number of aryl methyl sites for hydroxylation is 2. The maximum absolute atomic E-state index is 6.51. The maximum atomic E-state index is 6.51. The van der Waals surface area contributed by atoms with Gasteiger partial charge in [0.15, 0.2) is 0 Å². The third kappa shape index (κ3) is 2.04. The van der Waals surface area contributed by atoms with Gasteiger partial charge < -0.3 is 5.32 Å². The van der Waals surface area contributed by atoms with Crippen LogP contribution in [0, 0.1) is 19.8 Å². The molecule has 1 aliphatic heterocycles. The second-order valence-corrected chi connectivity index (χ2v) is 7.80. The van der Waals surface area contributed by atoms with Gasteiger partial charge in [0.25, 0.3) is 0 Å². The zero-order valence-corrected chi connectivity index (χ0v) is 13.8. The molecule has 3 atom stereocenters. The molecule has 0 spiro atoms. The molecule has 0 bridgehead atoms. The highest BCUT2D eigenvalue weighted by atomic mass is 35.5. The zero-order valence-electron chi connectivity index (χ0n) is 12.2. The van der Waals surface area contributed by atoms with Crippen LogP contribution < -0.4 is 5.32 Å². The van der Waals surface area contributed by atoms with Crippen molar-refractivity contribution >= 4 is 28.6 Å². The van der Waals surface area contributed by atoms with Crippen molar-refractivity contribution in [3.63, 3.8) is 0 Å². The highest BCUT2D eigenvalue weighted by molar-refractivity contribution is 7.12. The van der Waals surface area contributed by atoms with Gasteiger partial charge in [0.05, 0.1) is 6.04 Å². The molecule has 0 fully saturated rings. The molecular weight excluding hydrogens is 298 g/mol.